The van der Waals surface area contributed by atoms with Crippen LogP contribution in [0, 0.1) is 13.8 Å². The summed E-state index contributed by atoms with van der Waals surface area (Å²) in [6, 6.07) is 5.29. The third-order valence-electron chi connectivity index (χ3n) is 1.62. The van der Waals surface area contributed by atoms with E-state index < -0.39 is 6.61 Å². The van der Waals surface area contributed by atoms with Gasteiger partial charge in [-0.25, -0.2) is 0 Å². The summed E-state index contributed by atoms with van der Waals surface area (Å²) in [6.45, 7) is 0.736. The Morgan fingerprint density at radius 1 is 1.17 bits per heavy atom. The highest BCUT2D eigenvalue weighted by Crippen LogP contribution is 2.23. The first kappa shape index (κ1) is 8.97. The van der Waals surface area contributed by atoms with Crippen molar-refractivity contribution in [3.63, 3.8) is 0 Å². The van der Waals surface area contributed by atoms with Crippen molar-refractivity contribution in [3.8, 4) is 5.75 Å². The van der Waals surface area contributed by atoms with Gasteiger partial charge in [0.1, 0.15) is 5.75 Å². The van der Waals surface area contributed by atoms with Crippen LogP contribution in [0.1, 0.15) is 11.1 Å². The van der Waals surface area contributed by atoms with Crippen molar-refractivity contribution in [1.29, 1.82) is 0 Å². The molecule has 0 heterocycles. The van der Waals surface area contributed by atoms with E-state index in [4.69, 9.17) is 0 Å². The molecule has 12 heavy (non-hydrogen) atoms. The maximum atomic E-state index is 11.9. The molecule has 0 aliphatic rings. The molecular weight excluding hydrogens is 162 g/mol. The first-order chi connectivity index (χ1) is 5.61. The molecule has 0 saturated carbocycles. The van der Waals surface area contributed by atoms with Gasteiger partial charge in [-0.05, 0) is 25.0 Å². The van der Waals surface area contributed by atoms with Gasteiger partial charge in [0.2, 0.25) is 0 Å². The number of ether oxygens (including phenoxy) is 1. The lowest BCUT2D eigenvalue weighted by molar-refractivity contribution is -0.0507. The summed E-state index contributed by atoms with van der Waals surface area (Å²) in [7, 11) is 0. The highest BCUT2D eigenvalue weighted by Gasteiger charge is 2.08. The molecule has 0 fully saturated rings. The zero-order chi connectivity index (χ0) is 9.14. The van der Waals surface area contributed by atoms with E-state index in [2.05, 4.69) is 4.74 Å². The Labute approximate surface area is 70.0 Å². The monoisotopic (exact) mass is 172 g/mol. The molecule has 0 bridgehead atoms. The molecule has 0 unspecified atom stereocenters. The molecule has 1 aromatic carbocycles. The molecule has 0 aromatic heterocycles. The summed E-state index contributed by atoms with van der Waals surface area (Å²) >= 11 is 0. The minimum atomic E-state index is -2.75. The molecular formula is C9H10F2O. The Morgan fingerprint density at radius 3 is 2.08 bits per heavy atom. The van der Waals surface area contributed by atoms with E-state index in [1.807, 2.05) is 6.07 Å². The van der Waals surface area contributed by atoms with Crippen molar-refractivity contribution >= 4 is 0 Å². The summed E-state index contributed by atoms with van der Waals surface area (Å²) < 4.78 is 28.1. The Morgan fingerprint density at radius 2 is 1.67 bits per heavy atom. The Bertz CT molecular complexity index is 251. The third-order valence-corrected chi connectivity index (χ3v) is 1.62. The van der Waals surface area contributed by atoms with Crippen LogP contribution in [0.25, 0.3) is 0 Å². The Hall–Kier alpha value is -1.12. The molecule has 0 aliphatic heterocycles. The van der Waals surface area contributed by atoms with Crippen LogP contribution in [0.5, 0.6) is 5.75 Å². The smallest absolute Gasteiger partial charge is 0.387 e. The van der Waals surface area contributed by atoms with Crippen molar-refractivity contribution < 1.29 is 13.5 Å². The SMILES string of the molecule is Cc1cccc(C)c1OC(F)F. The van der Waals surface area contributed by atoms with Crippen molar-refractivity contribution in [2.45, 2.75) is 20.5 Å². The fraction of sp³-hybridized carbons (Fsp3) is 0.333. The number of hydrogen-bond acceptors (Lipinski definition) is 1. The molecule has 0 amide bonds. The summed E-state index contributed by atoms with van der Waals surface area (Å²) in [5.41, 5.74) is 1.46. The van der Waals surface area contributed by atoms with E-state index in [9.17, 15) is 8.78 Å². The molecule has 0 atom stereocenters. The minimum Gasteiger partial charge on any atom is -0.434 e. The molecule has 0 N–H and O–H groups in total. The van der Waals surface area contributed by atoms with Crippen molar-refractivity contribution in [2.75, 3.05) is 0 Å². The fourth-order valence-corrected chi connectivity index (χ4v) is 1.07. The molecule has 66 valence electrons. The van der Waals surface area contributed by atoms with Crippen LogP contribution in [-0.4, -0.2) is 6.61 Å². The molecule has 1 nitrogen and oxygen atoms in total. The predicted octanol–water partition coefficient (Wildman–Crippen LogP) is 2.90. The standard InChI is InChI=1S/C9H10F2O/c1-6-4-3-5-7(2)8(6)12-9(10)11/h3-5,9H,1-2H3. The number of alkyl halides is 2. The number of para-hydroxylation sites is 1. The van der Waals surface area contributed by atoms with E-state index in [0.717, 1.165) is 11.1 Å². The lowest BCUT2D eigenvalue weighted by Gasteiger charge is -2.09. The lowest BCUT2D eigenvalue weighted by Crippen LogP contribution is -2.04. The van der Waals surface area contributed by atoms with Gasteiger partial charge >= 0.3 is 6.61 Å². The van der Waals surface area contributed by atoms with Gasteiger partial charge in [0.15, 0.2) is 0 Å². The van der Waals surface area contributed by atoms with Gasteiger partial charge in [0.25, 0.3) is 0 Å². The second-order valence-electron chi connectivity index (χ2n) is 2.60. The van der Waals surface area contributed by atoms with E-state index >= 15 is 0 Å². The predicted molar refractivity (Wildman–Crippen MR) is 42.5 cm³/mol. The quantitative estimate of drug-likeness (QED) is 0.666. The molecule has 1 aromatic rings. The molecule has 3 heteroatoms. The summed E-state index contributed by atoms with van der Waals surface area (Å²) in [5.74, 6) is 0.285. The van der Waals surface area contributed by atoms with Crippen molar-refractivity contribution in [3.05, 3.63) is 29.3 Å². The number of benzene rings is 1. The third kappa shape index (κ3) is 1.94. The second-order valence-corrected chi connectivity index (χ2v) is 2.60. The molecule has 0 aliphatic carbocycles. The average molecular weight is 172 g/mol. The molecule has 0 spiro atoms. The zero-order valence-corrected chi connectivity index (χ0v) is 6.97. The lowest BCUT2D eigenvalue weighted by atomic mass is 10.1. The van der Waals surface area contributed by atoms with Crippen LogP contribution < -0.4 is 4.74 Å². The largest absolute Gasteiger partial charge is 0.434 e. The van der Waals surface area contributed by atoms with E-state index in [1.54, 1.807) is 26.0 Å². The van der Waals surface area contributed by atoms with Crippen LogP contribution in [0.2, 0.25) is 0 Å². The first-order valence-electron chi connectivity index (χ1n) is 3.62. The van der Waals surface area contributed by atoms with E-state index in [-0.39, 0.29) is 5.75 Å². The Balaban J connectivity index is 2.96. The van der Waals surface area contributed by atoms with E-state index in [0.29, 0.717) is 0 Å². The van der Waals surface area contributed by atoms with Gasteiger partial charge in [-0.2, -0.15) is 8.78 Å². The fourth-order valence-electron chi connectivity index (χ4n) is 1.07. The zero-order valence-electron chi connectivity index (χ0n) is 6.97. The molecule has 0 saturated heterocycles. The van der Waals surface area contributed by atoms with Crippen LogP contribution in [-0.2, 0) is 0 Å². The first-order valence-corrected chi connectivity index (χ1v) is 3.62. The number of aryl methyl sites for hydroxylation is 2. The van der Waals surface area contributed by atoms with Crippen molar-refractivity contribution in [1.82, 2.24) is 0 Å². The molecule has 0 radical (unpaired) electrons. The number of hydrogen-bond donors (Lipinski definition) is 0. The number of rotatable bonds is 2. The Kier molecular flexibility index (Phi) is 2.63. The summed E-state index contributed by atoms with van der Waals surface area (Å²) in [4.78, 5) is 0. The summed E-state index contributed by atoms with van der Waals surface area (Å²) in [5, 5.41) is 0. The van der Waals surface area contributed by atoms with Gasteiger partial charge in [-0.15, -0.1) is 0 Å². The van der Waals surface area contributed by atoms with Gasteiger partial charge < -0.3 is 4.74 Å². The van der Waals surface area contributed by atoms with Crippen LogP contribution in [0.3, 0.4) is 0 Å². The maximum absolute atomic E-state index is 11.9. The summed E-state index contributed by atoms with van der Waals surface area (Å²) in [6.07, 6.45) is 0. The van der Waals surface area contributed by atoms with Crippen LogP contribution in [0.4, 0.5) is 8.78 Å². The normalized spacial score (nSPS) is 10.4. The van der Waals surface area contributed by atoms with Gasteiger partial charge in [0, 0.05) is 0 Å². The number of halogens is 2. The average Bonchev–Trinajstić information content (AvgIpc) is 1.97. The minimum absolute atomic E-state index is 0.285. The van der Waals surface area contributed by atoms with Crippen LogP contribution >= 0.6 is 0 Å². The highest BCUT2D eigenvalue weighted by atomic mass is 19.3. The van der Waals surface area contributed by atoms with E-state index in [1.165, 1.54) is 0 Å². The van der Waals surface area contributed by atoms with Crippen LogP contribution in [0.15, 0.2) is 18.2 Å². The highest BCUT2D eigenvalue weighted by molar-refractivity contribution is 5.39. The second kappa shape index (κ2) is 3.52. The topological polar surface area (TPSA) is 9.23 Å². The maximum Gasteiger partial charge on any atom is 0.387 e. The van der Waals surface area contributed by atoms with Gasteiger partial charge in [0.05, 0.1) is 0 Å². The van der Waals surface area contributed by atoms with Crippen molar-refractivity contribution in [2.24, 2.45) is 0 Å². The van der Waals surface area contributed by atoms with Gasteiger partial charge in [-0.1, -0.05) is 18.2 Å². The van der Waals surface area contributed by atoms with Gasteiger partial charge in [-0.3, -0.25) is 0 Å². The molecule has 1 rings (SSSR count).